The molecule has 3 nitrogen and oxygen atoms in total. The molecule has 1 unspecified atom stereocenters. The number of benzene rings is 2. The van der Waals surface area contributed by atoms with Crippen LogP contribution in [0.3, 0.4) is 0 Å². The molecule has 5 heteroatoms. The molecular weight excluding hydrogens is 329 g/mol. The summed E-state index contributed by atoms with van der Waals surface area (Å²) in [6.07, 6.45) is 3.71. The van der Waals surface area contributed by atoms with Crippen LogP contribution in [0.1, 0.15) is 11.1 Å². The number of para-hydroxylation sites is 1. The van der Waals surface area contributed by atoms with Crippen molar-refractivity contribution in [2.45, 2.75) is 4.87 Å². The summed E-state index contributed by atoms with van der Waals surface area (Å²) in [7, 11) is 0. The molecule has 2 aliphatic heterocycles. The maximum atomic E-state index is 9.35. The molecule has 0 saturated heterocycles. The standard InChI is InChI=1S/C18H11Cl2N3/c19-15-9-18(20,13-6-2-1-3-7-13)10-16-22-14-8-4-5-12(11-21)17(14)23(15)16/h1-10,22H. The van der Waals surface area contributed by atoms with Crippen molar-refractivity contribution in [1.29, 1.82) is 5.26 Å². The molecular formula is C18H11Cl2N3. The van der Waals surface area contributed by atoms with Crippen molar-refractivity contribution in [3.63, 3.8) is 0 Å². The fourth-order valence-electron chi connectivity index (χ4n) is 2.95. The molecule has 112 valence electrons. The quantitative estimate of drug-likeness (QED) is 0.595. The highest BCUT2D eigenvalue weighted by molar-refractivity contribution is 6.34. The summed E-state index contributed by atoms with van der Waals surface area (Å²) in [5.41, 5.74) is 3.10. The lowest BCUT2D eigenvalue weighted by atomic mass is 9.96. The molecule has 0 saturated carbocycles. The van der Waals surface area contributed by atoms with E-state index in [-0.39, 0.29) is 0 Å². The van der Waals surface area contributed by atoms with Crippen molar-refractivity contribution in [3.05, 3.63) is 82.8 Å². The Bertz CT molecular complexity index is 896. The van der Waals surface area contributed by atoms with E-state index in [0.29, 0.717) is 10.7 Å². The first-order valence-electron chi connectivity index (χ1n) is 7.08. The summed E-state index contributed by atoms with van der Waals surface area (Å²) >= 11 is 13.3. The molecule has 0 aromatic heterocycles. The van der Waals surface area contributed by atoms with Crippen molar-refractivity contribution >= 4 is 34.6 Å². The summed E-state index contributed by atoms with van der Waals surface area (Å²) in [5, 5.41) is 13.1. The summed E-state index contributed by atoms with van der Waals surface area (Å²) < 4.78 is 0. The third kappa shape index (κ3) is 2.11. The van der Waals surface area contributed by atoms with Gasteiger partial charge in [-0.3, -0.25) is 4.90 Å². The molecule has 0 radical (unpaired) electrons. The van der Waals surface area contributed by atoms with Gasteiger partial charge in [-0.05, 0) is 29.8 Å². The number of hydrogen-bond acceptors (Lipinski definition) is 3. The van der Waals surface area contributed by atoms with Crippen LogP contribution in [0.5, 0.6) is 0 Å². The first-order chi connectivity index (χ1) is 11.1. The van der Waals surface area contributed by atoms with Gasteiger partial charge in [0.1, 0.15) is 21.9 Å². The molecule has 2 heterocycles. The van der Waals surface area contributed by atoms with Gasteiger partial charge in [0.25, 0.3) is 0 Å². The SMILES string of the molecule is N#Cc1cccc2c1N1C(Cl)=CC(Cl)(c3ccccc3)C=C1N2. The maximum absolute atomic E-state index is 9.35. The largest absolute Gasteiger partial charge is 0.340 e. The van der Waals surface area contributed by atoms with E-state index in [9.17, 15) is 5.26 Å². The molecule has 4 rings (SSSR count). The molecule has 0 spiro atoms. The monoisotopic (exact) mass is 339 g/mol. The zero-order valence-corrected chi connectivity index (χ0v) is 13.4. The Kier molecular flexibility index (Phi) is 3.12. The van der Waals surface area contributed by atoms with Gasteiger partial charge in [0, 0.05) is 0 Å². The number of rotatable bonds is 1. The normalized spacial score (nSPS) is 21.5. The van der Waals surface area contributed by atoms with Crippen molar-refractivity contribution in [2.24, 2.45) is 0 Å². The Balaban J connectivity index is 1.87. The fourth-order valence-corrected chi connectivity index (χ4v) is 3.69. The van der Waals surface area contributed by atoms with Gasteiger partial charge in [-0.15, -0.1) is 11.6 Å². The van der Waals surface area contributed by atoms with Crippen molar-refractivity contribution < 1.29 is 0 Å². The van der Waals surface area contributed by atoms with E-state index >= 15 is 0 Å². The number of allylic oxidation sites excluding steroid dienone is 2. The summed E-state index contributed by atoms with van der Waals surface area (Å²) in [6, 6.07) is 17.5. The number of halogens is 2. The molecule has 0 aliphatic carbocycles. The average molecular weight is 340 g/mol. The van der Waals surface area contributed by atoms with E-state index in [4.69, 9.17) is 23.2 Å². The van der Waals surface area contributed by atoms with E-state index < -0.39 is 4.87 Å². The highest BCUT2D eigenvalue weighted by Crippen LogP contribution is 2.48. The lowest BCUT2D eigenvalue weighted by Gasteiger charge is -2.31. The predicted octanol–water partition coefficient (Wildman–Crippen LogP) is 4.86. The lowest BCUT2D eigenvalue weighted by Crippen LogP contribution is -2.28. The van der Waals surface area contributed by atoms with Gasteiger partial charge in [0.15, 0.2) is 0 Å². The smallest absolute Gasteiger partial charge is 0.114 e. The van der Waals surface area contributed by atoms with Gasteiger partial charge < -0.3 is 5.32 Å². The summed E-state index contributed by atoms with van der Waals surface area (Å²) in [5.74, 6) is 0.758. The van der Waals surface area contributed by atoms with Gasteiger partial charge in [0.2, 0.25) is 0 Å². The Morgan fingerprint density at radius 3 is 2.57 bits per heavy atom. The summed E-state index contributed by atoms with van der Waals surface area (Å²) in [4.78, 5) is 0.991. The zero-order valence-electron chi connectivity index (χ0n) is 11.9. The molecule has 23 heavy (non-hydrogen) atoms. The second-order valence-electron chi connectivity index (χ2n) is 5.40. The van der Waals surface area contributed by atoms with Crippen LogP contribution in [-0.4, -0.2) is 0 Å². The van der Waals surface area contributed by atoms with E-state index in [1.807, 2.05) is 53.4 Å². The molecule has 0 amide bonds. The number of fused-ring (bicyclic) bond motifs is 3. The predicted molar refractivity (Wildman–Crippen MR) is 93.3 cm³/mol. The van der Waals surface area contributed by atoms with E-state index in [1.54, 1.807) is 12.1 Å². The van der Waals surface area contributed by atoms with E-state index in [0.717, 1.165) is 22.8 Å². The minimum Gasteiger partial charge on any atom is -0.340 e. The number of alkyl halides is 1. The van der Waals surface area contributed by atoms with Gasteiger partial charge in [-0.2, -0.15) is 5.26 Å². The molecule has 2 aliphatic rings. The van der Waals surface area contributed by atoms with Crippen molar-refractivity contribution in [2.75, 3.05) is 10.2 Å². The lowest BCUT2D eigenvalue weighted by molar-refractivity contribution is 0.909. The van der Waals surface area contributed by atoms with Crippen LogP contribution in [0, 0.1) is 11.3 Å². The van der Waals surface area contributed by atoms with Gasteiger partial charge in [-0.1, -0.05) is 48.0 Å². The first-order valence-corrected chi connectivity index (χ1v) is 7.84. The number of nitrogens with one attached hydrogen (secondary N) is 1. The number of nitrogens with zero attached hydrogens (tertiary/aromatic N) is 2. The number of anilines is 2. The molecule has 0 bridgehead atoms. The number of hydrogen-bond donors (Lipinski definition) is 1. The van der Waals surface area contributed by atoms with E-state index in [1.165, 1.54) is 0 Å². The molecule has 0 fully saturated rings. The maximum Gasteiger partial charge on any atom is 0.114 e. The highest BCUT2D eigenvalue weighted by Gasteiger charge is 2.38. The minimum atomic E-state index is -0.827. The molecule has 1 atom stereocenters. The van der Waals surface area contributed by atoms with Gasteiger partial charge in [0.05, 0.1) is 16.9 Å². The van der Waals surface area contributed by atoms with Crippen LogP contribution in [0.25, 0.3) is 0 Å². The van der Waals surface area contributed by atoms with Crippen LogP contribution < -0.4 is 10.2 Å². The van der Waals surface area contributed by atoms with Crippen LogP contribution in [0.15, 0.2) is 71.7 Å². The Morgan fingerprint density at radius 1 is 1.04 bits per heavy atom. The van der Waals surface area contributed by atoms with Crippen molar-refractivity contribution in [3.8, 4) is 6.07 Å². The molecule has 1 N–H and O–H groups in total. The van der Waals surface area contributed by atoms with Crippen LogP contribution >= 0.6 is 23.2 Å². The average Bonchev–Trinajstić information content (AvgIpc) is 2.93. The topological polar surface area (TPSA) is 39.1 Å². The third-order valence-electron chi connectivity index (χ3n) is 3.99. The highest BCUT2D eigenvalue weighted by atomic mass is 35.5. The fraction of sp³-hybridized carbons (Fsp3) is 0.0556. The van der Waals surface area contributed by atoms with Gasteiger partial charge in [-0.25, -0.2) is 0 Å². The second kappa shape index (κ2) is 5.06. The molecule has 2 aromatic rings. The third-order valence-corrected chi connectivity index (χ3v) is 4.70. The van der Waals surface area contributed by atoms with Crippen LogP contribution in [0.2, 0.25) is 0 Å². The van der Waals surface area contributed by atoms with Gasteiger partial charge >= 0.3 is 0 Å². The Morgan fingerprint density at radius 2 is 1.83 bits per heavy atom. The first kappa shape index (κ1) is 14.2. The zero-order chi connectivity index (χ0) is 16.0. The minimum absolute atomic E-state index is 0.468. The Hall–Kier alpha value is -2.41. The van der Waals surface area contributed by atoms with Crippen LogP contribution in [0.4, 0.5) is 11.4 Å². The molecule has 2 aromatic carbocycles. The number of nitriles is 1. The Labute approximate surface area is 144 Å². The summed E-state index contributed by atoms with van der Waals surface area (Å²) in [6.45, 7) is 0. The van der Waals surface area contributed by atoms with Crippen LogP contribution in [-0.2, 0) is 4.87 Å². The second-order valence-corrected chi connectivity index (χ2v) is 6.42. The van der Waals surface area contributed by atoms with Crippen molar-refractivity contribution in [1.82, 2.24) is 0 Å². The van der Waals surface area contributed by atoms with E-state index in [2.05, 4.69) is 11.4 Å².